The van der Waals surface area contributed by atoms with Crippen molar-refractivity contribution in [1.29, 1.82) is 0 Å². The van der Waals surface area contributed by atoms with Crippen LogP contribution in [0.3, 0.4) is 0 Å². The Morgan fingerprint density at radius 1 is 1.05 bits per heavy atom. The smallest absolute Gasteiger partial charge is 0.260 e. The fraction of sp³-hybridized carbons (Fsp3) is 1.00. The second-order valence-corrected chi connectivity index (χ2v) is 8.36. The molecule has 0 N–H and O–H groups in total. The Morgan fingerprint density at radius 2 is 1.55 bits per heavy atom. The van der Waals surface area contributed by atoms with E-state index in [9.17, 15) is 17.2 Å². The largest absolute Gasteiger partial charge is 0.269 e. The van der Waals surface area contributed by atoms with Crippen LogP contribution >= 0.6 is 0 Å². The van der Waals surface area contributed by atoms with Crippen molar-refractivity contribution in [3.05, 3.63) is 0 Å². The number of hydrogen-bond donors (Lipinski definition) is 0. The molecule has 20 heavy (non-hydrogen) atoms. The Kier molecular flexibility index (Phi) is 9.04. The molecule has 0 aromatic rings. The summed E-state index contributed by atoms with van der Waals surface area (Å²) in [5.41, 5.74) is -0.0191. The minimum Gasteiger partial charge on any atom is -0.269 e. The quantitative estimate of drug-likeness (QED) is 0.684. The normalized spacial score (nSPS) is 13.4. The average Bonchev–Trinajstić information content (AvgIpc) is 2.11. The van der Waals surface area contributed by atoms with Crippen LogP contribution in [-0.2, 0) is 10.0 Å². The van der Waals surface area contributed by atoms with E-state index in [0.717, 1.165) is 6.42 Å². The molecule has 0 aromatic heterocycles. The standard InChI is InChI=1S/C13H27F2NO2S.FH/c1-6-7-9-16(10-8-12(2,3)4)19(17,18)11-13(5,14)15;/h6-11H2,1-5H3;1H. The van der Waals surface area contributed by atoms with Gasteiger partial charge in [0, 0.05) is 20.0 Å². The number of unbranched alkanes of at least 4 members (excludes halogenated alkanes) is 1. The fourth-order valence-corrected chi connectivity index (χ4v) is 3.20. The van der Waals surface area contributed by atoms with Crippen LogP contribution in [0.2, 0.25) is 0 Å². The zero-order valence-electron chi connectivity index (χ0n) is 13.1. The van der Waals surface area contributed by atoms with Crippen LogP contribution in [0.15, 0.2) is 0 Å². The van der Waals surface area contributed by atoms with Crippen LogP contribution in [0.25, 0.3) is 0 Å². The molecule has 0 fully saturated rings. The maximum Gasteiger partial charge on any atom is 0.260 e. The van der Waals surface area contributed by atoms with E-state index in [2.05, 4.69) is 0 Å². The maximum absolute atomic E-state index is 13.0. The summed E-state index contributed by atoms with van der Waals surface area (Å²) in [6.45, 7) is 9.24. The molecule has 0 aliphatic heterocycles. The van der Waals surface area contributed by atoms with E-state index in [1.807, 2.05) is 27.7 Å². The van der Waals surface area contributed by atoms with Gasteiger partial charge in [0.25, 0.3) is 5.92 Å². The van der Waals surface area contributed by atoms with Crippen LogP contribution in [0.5, 0.6) is 0 Å². The molecular weight excluding hydrogens is 291 g/mol. The van der Waals surface area contributed by atoms with E-state index in [4.69, 9.17) is 0 Å². The lowest BCUT2D eigenvalue weighted by molar-refractivity contribution is 0.0460. The third kappa shape index (κ3) is 10.5. The van der Waals surface area contributed by atoms with Gasteiger partial charge in [-0.05, 0) is 18.3 Å². The van der Waals surface area contributed by atoms with Gasteiger partial charge in [0.05, 0.1) is 0 Å². The van der Waals surface area contributed by atoms with Crippen molar-refractivity contribution in [2.75, 3.05) is 18.8 Å². The van der Waals surface area contributed by atoms with Crippen molar-refractivity contribution in [3.63, 3.8) is 0 Å². The third-order valence-electron chi connectivity index (χ3n) is 2.70. The Bertz CT molecular complexity index is 359. The van der Waals surface area contributed by atoms with Gasteiger partial charge in [-0.25, -0.2) is 21.5 Å². The van der Waals surface area contributed by atoms with Crippen LogP contribution < -0.4 is 0 Å². The molecule has 0 aliphatic rings. The van der Waals surface area contributed by atoms with Crippen LogP contribution in [-0.4, -0.2) is 37.5 Å². The first kappa shape index (κ1) is 22.0. The Morgan fingerprint density at radius 3 is 1.90 bits per heavy atom. The summed E-state index contributed by atoms with van der Waals surface area (Å²) in [5, 5.41) is 0. The first-order valence-electron chi connectivity index (χ1n) is 6.73. The summed E-state index contributed by atoms with van der Waals surface area (Å²) < 4.78 is 51.2. The van der Waals surface area contributed by atoms with Gasteiger partial charge < -0.3 is 0 Å². The van der Waals surface area contributed by atoms with Gasteiger partial charge in [-0.15, -0.1) is 0 Å². The van der Waals surface area contributed by atoms with E-state index in [0.29, 0.717) is 32.9 Å². The predicted molar refractivity (Wildman–Crippen MR) is 77.5 cm³/mol. The zero-order chi connectivity index (χ0) is 15.3. The monoisotopic (exact) mass is 319 g/mol. The van der Waals surface area contributed by atoms with E-state index in [1.165, 1.54) is 4.31 Å². The molecule has 124 valence electrons. The SMILES string of the molecule is CCCCN(CCC(C)(C)C)S(=O)(=O)CC(C)(F)F.F. The Hall–Kier alpha value is -0.300. The molecule has 0 saturated heterocycles. The fourth-order valence-electron chi connectivity index (χ4n) is 1.60. The minimum absolute atomic E-state index is 0. The Balaban J connectivity index is 0. The van der Waals surface area contributed by atoms with Crippen molar-refractivity contribution in [2.24, 2.45) is 5.41 Å². The van der Waals surface area contributed by atoms with Crippen LogP contribution in [0.1, 0.15) is 53.9 Å². The van der Waals surface area contributed by atoms with Gasteiger partial charge in [-0.2, -0.15) is 0 Å². The molecule has 0 unspecified atom stereocenters. The summed E-state index contributed by atoms with van der Waals surface area (Å²) in [6, 6.07) is 0. The summed E-state index contributed by atoms with van der Waals surface area (Å²) in [5.74, 6) is -4.29. The second kappa shape index (κ2) is 8.22. The summed E-state index contributed by atoms with van der Waals surface area (Å²) >= 11 is 0. The first-order valence-corrected chi connectivity index (χ1v) is 8.34. The lowest BCUT2D eigenvalue weighted by Gasteiger charge is -2.27. The van der Waals surface area contributed by atoms with Gasteiger partial charge in [0.15, 0.2) is 0 Å². The zero-order valence-corrected chi connectivity index (χ0v) is 13.9. The third-order valence-corrected chi connectivity index (χ3v) is 4.73. The average molecular weight is 319 g/mol. The summed E-state index contributed by atoms with van der Waals surface area (Å²) in [7, 11) is -3.89. The van der Waals surface area contributed by atoms with Gasteiger partial charge >= 0.3 is 0 Å². The highest BCUT2D eigenvalue weighted by molar-refractivity contribution is 7.89. The van der Waals surface area contributed by atoms with Crippen LogP contribution in [0.4, 0.5) is 13.5 Å². The van der Waals surface area contributed by atoms with Gasteiger partial charge in [-0.3, -0.25) is 4.70 Å². The molecule has 0 radical (unpaired) electrons. The van der Waals surface area contributed by atoms with Crippen molar-refractivity contribution in [3.8, 4) is 0 Å². The number of sulfonamides is 1. The van der Waals surface area contributed by atoms with Crippen molar-refractivity contribution < 1.29 is 21.9 Å². The molecule has 0 aliphatic carbocycles. The molecule has 0 rings (SSSR count). The number of rotatable bonds is 8. The predicted octanol–water partition coefficient (Wildman–Crippen LogP) is 3.66. The molecule has 0 aromatic carbocycles. The van der Waals surface area contributed by atoms with E-state index in [1.54, 1.807) is 0 Å². The van der Waals surface area contributed by atoms with Gasteiger partial charge in [0.2, 0.25) is 10.0 Å². The highest BCUT2D eigenvalue weighted by atomic mass is 32.2. The molecule has 0 heterocycles. The first-order chi connectivity index (χ1) is 8.37. The molecule has 3 nitrogen and oxygen atoms in total. The molecule has 0 spiro atoms. The molecule has 0 saturated carbocycles. The van der Waals surface area contributed by atoms with Crippen LogP contribution in [0, 0.1) is 5.41 Å². The van der Waals surface area contributed by atoms with Crippen molar-refractivity contribution in [1.82, 2.24) is 4.31 Å². The second-order valence-electron chi connectivity index (χ2n) is 6.39. The van der Waals surface area contributed by atoms with E-state index < -0.39 is 21.7 Å². The van der Waals surface area contributed by atoms with Crippen molar-refractivity contribution >= 4 is 10.0 Å². The highest BCUT2D eigenvalue weighted by Gasteiger charge is 2.34. The molecule has 0 atom stereocenters. The summed E-state index contributed by atoms with van der Waals surface area (Å²) in [6.07, 6.45) is 2.19. The Labute approximate surface area is 121 Å². The highest BCUT2D eigenvalue weighted by Crippen LogP contribution is 2.22. The minimum atomic E-state index is -3.89. The van der Waals surface area contributed by atoms with Gasteiger partial charge in [-0.1, -0.05) is 34.1 Å². The molecule has 0 bridgehead atoms. The number of halogens is 3. The molecule has 7 heteroatoms. The van der Waals surface area contributed by atoms with E-state index >= 15 is 0 Å². The number of nitrogens with zero attached hydrogens (tertiary/aromatic N) is 1. The number of alkyl halides is 2. The maximum atomic E-state index is 13.0. The number of hydrogen-bond acceptors (Lipinski definition) is 2. The van der Waals surface area contributed by atoms with Gasteiger partial charge in [0.1, 0.15) is 5.75 Å². The van der Waals surface area contributed by atoms with Crippen molar-refractivity contribution in [2.45, 2.75) is 59.8 Å². The topological polar surface area (TPSA) is 37.4 Å². The molecule has 0 amide bonds. The lowest BCUT2D eigenvalue weighted by Crippen LogP contribution is -2.40. The summed E-state index contributed by atoms with van der Waals surface area (Å²) in [4.78, 5) is 0. The molecular formula is C13H28F3NO2S. The van der Waals surface area contributed by atoms with E-state index in [-0.39, 0.29) is 10.1 Å². The lowest BCUT2D eigenvalue weighted by atomic mass is 9.92.